The fraction of sp³-hybridized carbons (Fsp3) is 0.263. The summed E-state index contributed by atoms with van der Waals surface area (Å²) in [7, 11) is -4.31. The average molecular weight is 512 g/mol. The van der Waals surface area contributed by atoms with Crippen LogP contribution in [-0.2, 0) is 10.0 Å². The SMILES string of the molecule is NCCNSc1ccc(-c2cccc(C(=O)NCCCO)c2N)c(/C(N)=N/NN)c1S(N)(=O)=O. The number of hydrogen-bond donors (Lipinski definition) is 9. The van der Waals surface area contributed by atoms with Crippen LogP contribution in [0.25, 0.3) is 11.1 Å². The molecule has 186 valence electrons. The van der Waals surface area contributed by atoms with Crippen molar-refractivity contribution in [2.24, 2.45) is 27.6 Å². The number of nitrogens with two attached hydrogens (primary N) is 5. The minimum atomic E-state index is -4.31. The Morgan fingerprint density at radius 3 is 2.50 bits per heavy atom. The van der Waals surface area contributed by atoms with Crippen molar-refractivity contribution in [2.45, 2.75) is 16.2 Å². The van der Waals surface area contributed by atoms with E-state index in [9.17, 15) is 13.2 Å². The zero-order chi connectivity index (χ0) is 25.3. The van der Waals surface area contributed by atoms with Crippen molar-refractivity contribution >= 4 is 39.4 Å². The molecular formula is C19H29N9O4S2. The van der Waals surface area contributed by atoms with E-state index in [1.165, 1.54) is 12.1 Å². The van der Waals surface area contributed by atoms with E-state index in [4.69, 9.17) is 33.3 Å². The molecule has 0 unspecified atom stereocenters. The first-order chi connectivity index (χ1) is 16.2. The van der Waals surface area contributed by atoms with Crippen LogP contribution in [0, 0.1) is 0 Å². The van der Waals surface area contributed by atoms with Crippen LogP contribution < -0.4 is 43.8 Å². The third-order valence-corrected chi connectivity index (χ3v) is 6.57. The fourth-order valence-electron chi connectivity index (χ4n) is 3.09. The Balaban J connectivity index is 2.76. The number of anilines is 1. The predicted molar refractivity (Wildman–Crippen MR) is 133 cm³/mol. The van der Waals surface area contributed by atoms with Gasteiger partial charge in [-0.25, -0.2) is 24.9 Å². The van der Waals surface area contributed by atoms with Crippen LogP contribution in [0.3, 0.4) is 0 Å². The average Bonchev–Trinajstić information content (AvgIpc) is 2.78. The number of nitrogens with one attached hydrogen (secondary N) is 3. The molecule has 2 rings (SSSR count). The van der Waals surface area contributed by atoms with E-state index in [0.717, 1.165) is 11.9 Å². The van der Waals surface area contributed by atoms with E-state index >= 15 is 0 Å². The van der Waals surface area contributed by atoms with E-state index in [2.05, 4.69) is 15.1 Å². The van der Waals surface area contributed by atoms with Crippen LogP contribution in [-0.4, -0.2) is 51.5 Å². The van der Waals surface area contributed by atoms with Gasteiger partial charge >= 0.3 is 0 Å². The number of carbonyl (C=O) groups is 1. The number of amides is 1. The van der Waals surface area contributed by atoms with Gasteiger partial charge in [-0.15, -0.1) is 5.10 Å². The molecule has 1 amide bonds. The van der Waals surface area contributed by atoms with Gasteiger partial charge in [-0.05, 0) is 36.1 Å². The maximum absolute atomic E-state index is 12.6. The van der Waals surface area contributed by atoms with Crippen LogP contribution in [0.1, 0.15) is 22.3 Å². The Labute approximate surface area is 201 Å². The first-order valence-corrected chi connectivity index (χ1v) is 12.4. The number of hydrazine groups is 1. The van der Waals surface area contributed by atoms with Crippen molar-refractivity contribution in [3.8, 4) is 11.1 Å². The summed E-state index contributed by atoms with van der Waals surface area (Å²) in [5, 5.41) is 20.9. The molecule has 14 N–H and O–H groups in total. The number of carbonyl (C=O) groups excluding carboxylic acids is 1. The molecule has 0 spiro atoms. The number of para-hydroxylation sites is 1. The van der Waals surface area contributed by atoms with E-state index in [-0.39, 0.29) is 51.2 Å². The van der Waals surface area contributed by atoms with E-state index in [0.29, 0.717) is 25.1 Å². The first-order valence-electron chi connectivity index (χ1n) is 10.0. The van der Waals surface area contributed by atoms with Crippen LogP contribution >= 0.6 is 11.9 Å². The molecule has 2 aromatic carbocycles. The van der Waals surface area contributed by atoms with Crippen molar-refractivity contribution in [2.75, 3.05) is 32.0 Å². The molecule has 0 bridgehead atoms. The summed E-state index contributed by atoms with van der Waals surface area (Å²) in [5.41, 5.74) is 20.7. The number of amidine groups is 1. The monoisotopic (exact) mass is 511 g/mol. The maximum Gasteiger partial charge on any atom is 0.253 e. The lowest BCUT2D eigenvalue weighted by atomic mass is 9.95. The maximum atomic E-state index is 12.6. The van der Waals surface area contributed by atoms with Crippen LogP contribution in [0.2, 0.25) is 0 Å². The number of benzene rings is 2. The van der Waals surface area contributed by atoms with E-state index < -0.39 is 15.9 Å². The molecule has 0 radical (unpaired) electrons. The second-order valence-corrected chi connectivity index (χ2v) is 9.30. The summed E-state index contributed by atoms with van der Waals surface area (Å²) < 4.78 is 28.2. The minimum Gasteiger partial charge on any atom is -0.398 e. The number of nitrogens with zero attached hydrogens (tertiary/aromatic N) is 1. The third-order valence-electron chi connectivity index (χ3n) is 4.54. The molecule has 0 saturated carbocycles. The summed E-state index contributed by atoms with van der Waals surface area (Å²) in [6.07, 6.45) is 0.379. The number of nitrogen functional groups attached to an aromatic ring is 1. The Morgan fingerprint density at radius 1 is 1.15 bits per heavy atom. The Morgan fingerprint density at radius 2 is 1.88 bits per heavy atom. The molecular weight excluding hydrogens is 482 g/mol. The fourth-order valence-corrected chi connectivity index (χ4v) is 5.12. The van der Waals surface area contributed by atoms with Crippen LogP contribution in [0.15, 0.2) is 45.2 Å². The number of aliphatic hydroxyl groups is 1. The first kappa shape index (κ1) is 27.3. The van der Waals surface area contributed by atoms with Gasteiger partial charge in [-0.3, -0.25) is 9.52 Å². The normalized spacial score (nSPS) is 11.9. The van der Waals surface area contributed by atoms with Gasteiger partial charge in [0.2, 0.25) is 10.0 Å². The standard InChI is InChI=1S/C19H29N9O4S2/c20-7-9-26-33-14-6-5-11(15(18(22)27-28-23)17(14)34(24,31)32)12-3-1-4-13(16(12)21)19(30)25-8-2-10-29/h1,3-6,26,28-29H,2,7-10,20-21,23H2,(H2,22,27)(H,25,30)(H2,24,31,32). The summed E-state index contributed by atoms with van der Waals surface area (Å²) in [6, 6.07) is 7.84. The molecule has 2 aromatic rings. The second kappa shape index (κ2) is 12.5. The highest BCUT2D eigenvalue weighted by molar-refractivity contribution is 7.98. The van der Waals surface area contributed by atoms with Crippen molar-refractivity contribution in [3.63, 3.8) is 0 Å². The Bertz CT molecular complexity index is 1160. The molecule has 0 saturated heterocycles. The highest BCUT2D eigenvalue weighted by atomic mass is 32.2. The van der Waals surface area contributed by atoms with Gasteiger partial charge in [0.15, 0.2) is 5.84 Å². The lowest BCUT2D eigenvalue weighted by Crippen LogP contribution is -2.28. The number of hydrogen-bond acceptors (Lipinski definition) is 11. The number of hydrazone groups is 1. The van der Waals surface area contributed by atoms with Crippen molar-refractivity contribution < 1.29 is 18.3 Å². The number of rotatable bonds is 12. The molecule has 0 aromatic heterocycles. The van der Waals surface area contributed by atoms with Crippen LogP contribution in [0.4, 0.5) is 5.69 Å². The number of sulfonamides is 1. The number of primary sulfonamides is 1. The molecule has 0 atom stereocenters. The van der Waals surface area contributed by atoms with E-state index in [1.807, 2.05) is 5.53 Å². The largest absolute Gasteiger partial charge is 0.398 e. The van der Waals surface area contributed by atoms with Crippen molar-refractivity contribution in [1.29, 1.82) is 0 Å². The minimum absolute atomic E-state index is 0.0375. The van der Waals surface area contributed by atoms with Crippen molar-refractivity contribution in [1.82, 2.24) is 15.6 Å². The van der Waals surface area contributed by atoms with Gasteiger partial charge < -0.3 is 27.6 Å². The lowest BCUT2D eigenvalue weighted by Gasteiger charge is -2.19. The molecule has 34 heavy (non-hydrogen) atoms. The van der Waals surface area contributed by atoms with Gasteiger partial charge in [0.05, 0.1) is 11.3 Å². The van der Waals surface area contributed by atoms with Gasteiger partial charge in [0.1, 0.15) is 4.90 Å². The van der Waals surface area contributed by atoms with Gasteiger partial charge in [-0.2, -0.15) is 0 Å². The van der Waals surface area contributed by atoms with Gasteiger partial charge in [0, 0.05) is 42.3 Å². The molecule has 0 aliphatic heterocycles. The smallest absolute Gasteiger partial charge is 0.253 e. The molecule has 0 heterocycles. The van der Waals surface area contributed by atoms with Gasteiger partial charge in [0.25, 0.3) is 5.91 Å². The predicted octanol–water partition coefficient (Wildman–Crippen LogP) is -1.67. The van der Waals surface area contributed by atoms with Gasteiger partial charge in [-0.1, -0.05) is 18.2 Å². The second-order valence-electron chi connectivity index (χ2n) is 6.87. The zero-order valence-electron chi connectivity index (χ0n) is 18.2. The summed E-state index contributed by atoms with van der Waals surface area (Å²) in [4.78, 5) is 12.5. The number of aliphatic hydroxyl groups excluding tert-OH is 1. The molecule has 0 fully saturated rings. The lowest BCUT2D eigenvalue weighted by molar-refractivity contribution is 0.0952. The van der Waals surface area contributed by atoms with E-state index in [1.54, 1.807) is 18.2 Å². The molecule has 15 heteroatoms. The Kier molecular flexibility index (Phi) is 10.1. The summed E-state index contributed by atoms with van der Waals surface area (Å²) in [6.45, 7) is 0.907. The zero-order valence-corrected chi connectivity index (χ0v) is 19.9. The molecule has 13 nitrogen and oxygen atoms in total. The topological polar surface area (TPSA) is 250 Å². The Hall–Kier alpha value is -2.92. The quantitative estimate of drug-likeness (QED) is 0.0296. The summed E-state index contributed by atoms with van der Waals surface area (Å²) >= 11 is 1.01. The highest BCUT2D eigenvalue weighted by Crippen LogP contribution is 2.37. The summed E-state index contributed by atoms with van der Waals surface area (Å²) in [5.74, 6) is 4.56. The molecule has 0 aliphatic rings. The molecule has 0 aliphatic carbocycles. The van der Waals surface area contributed by atoms with Crippen molar-refractivity contribution in [3.05, 3.63) is 41.5 Å². The van der Waals surface area contributed by atoms with Crippen LogP contribution in [0.5, 0.6) is 0 Å². The third kappa shape index (κ3) is 6.57. The highest BCUT2D eigenvalue weighted by Gasteiger charge is 2.27.